The van der Waals surface area contributed by atoms with Crippen LogP contribution in [-0.4, -0.2) is 19.7 Å². The summed E-state index contributed by atoms with van der Waals surface area (Å²) in [7, 11) is 1.61. The van der Waals surface area contributed by atoms with Gasteiger partial charge in [0.25, 0.3) is 0 Å². The van der Waals surface area contributed by atoms with Crippen molar-refractivity contribution in [3.63, 3.8) is 0 Å². The number of para-hydroxylation sites is 1. The molecule has 110 valence electrons. The number of esters is 1. The Bertz CT molecular complexity index is 624. The summed E-state index contributed by atoms with van der Waals surface area (Å²) in [5.41, 5.74) is 8.26. The molecule has 0 spiro atoms. The molecule has 0 atom stereocenters. The van der Waals surface area contributed by atoms with Gasteiger partial charge in [0.15, 0.2) is 0 Å². The number of benzene rings is 2. The Morgan fingerprint density at radius 2 is 1.90 bits per heavy atom. The third kappa shape index (κ3) is 3.45. The highest BCUT2D eigenvalue weighted by molar-refractivity contribution is 5.98. The van der Waals surface area contributed by atoms with Gasteiger partial charge < -0.3 is 20.5 Å². The van der Waals surface area contributed by atoms with Crippen molar-refractivity contribution < 1.29 is 14.3 Å². The van der Waals surface area contributed by atoms with E-state index in [0.29, 0.717) is 23.5 Å². The van der Waals surface area contributed by atoms with Crippen molar-refractivity contribution in [2.45, 2.75) is 6.92 Å². The molecule has 0 amide bonds. The Labute approximate surface area is 123 Å². The van der Waals surface area contributed by atoms with Gasteiger partial charge in [0.05, 0.1) is 30.7 Å². The molecule has 2 aromatic rings. The summed E-state index contributed by atoms with van der Waals surface area (Å²) in [6.07, 6.45) is 0. The van der Waals surface area contributed by atoms with E-state index in [1.165, 1.54) is 0 Å². The van der Waals surface area contributed by atoms with Crippen molar-refractivity contribution in [2.75, 3.05) is 24.8 Å². The summed E-state index contributed by atoms with van der Waals surface area (Å²) in [4.78, 5) is 11.8. The number of rotatable bonds is 5. The monoisotopic (exact) mass is 286 g/mol. The number of carbonyl (C=O) groups is 1. The lowest BCUT2D eigenvalue weighted by Crippen LogP contribution is -2.09. The molecule has 0 aromatic heterocycles. The Morgan fingerprint density at radius 3 is 2.52 bits per heavy atom. The highest BCUT2D eigenvalue weighted by atomic mass is 16.5. The van der Waals surface area contributed by atoms with Gasteiger partial charge in [-0.15, -0.1) is 0 Å². The molecule has 0 fully saturated rings. The average molecular weight is 286 g/mol. The van der Waals surface area contributed by atoms with Crippen LogP contribution in [0.5, 0.6) is 5.75 Å². The maximum Gasteiger partial charge on any atom is 0.340 e. The third-order valence-electron chi connectivity index (χ3n) is 2.97. The summed E-state index contributed by atoms with van der Waals surface area (Å²) < 4.78 is 10.1. The molecule has 0 saturated carbocycles. The van der Waals surface area contributed by atoms with E-state index < -0.39 is 5.97 Å². The van der Waals surface area contributed by atoms with Crippen molar-refractivity contribution in [3.05, 3.63) is 48.0 Å². The Balaban J connectivity index is 2.23. The van der Waals surface area contributed by atoms with E-state index >= 15 is 0 Å². The summed E-state index contributed by atoms with van der Waals surface area (Å²) in [5, 5.41) is 3.17. The Kier molecular flexibility index (Phi) is 4.66. The number of nitrogen functional groups attached to an aromatic ring is 1. The van der Waals surface area contributed by atoms with E-state index in [1.54, 1.807) is 26.2 Å². The first-order chi connectivity index (χ1) is 10.2. The van der Waals surface area contributed by atoms with E-state index in [2.05, 4.69) is 5.32 Å². The second kappa shape index (κ2) is 6.65. The lowest BCUT2D eigenvalue weighted by atomic mass is 10.1. The van der Waals surface area contributed by atoms with Gasteiger partial charge in [0.2, 0.25) is 0 Å². The number of hydrogen-bond donors (Lipinski definition) is 2. The smallest absolute Gasteiger partial charge is 0.340 e. The van der Waals surface area contributed by atoms with Crippen molar-refractivity contribution in [3.8, 4) is 5.75 Å². The van der Waals surface area contributed by atoms with Gasteiger partial charge in [-0.25, -0.2) is 4.79 Å². The molecule has 21 heavy (non-hydrogen) atoms. The van der Waals surface area contributed by atoms with E-state index in [9.17, 15) is 4.79 Å². The molecule has 0 saturated heterocycles. The summed E-state index contributed by atoms with van der Waals surface area (Å²) in [6.45, 7) is 2.07. The topological polar surface area (TPSA) is 73.6 Å². The summed E-state index contributed by atoms with van der Waals surface area (Å²) in [6, 6.07) is 12.6. The summed E-state index contributed by atoms with van der Waals surface area (Å²) in [5.74, 6) is 0.349. The SMILES string of the molecule is CCOC(=O)c1cccc(Nc2ccc(OC)cc2)c1N. The molecule has 0 aliphatic rings. The fraction of sp³-hybridized carbons (Fsp3) is 0.188. The molecule has 0 bridgehead atoms. The van der Waals surface area contributed by atoms with E-state index in [1.807, 2.05) is 30.3 Å². The molecule has 2 aromatic carbocycles. The second-order valence-electron chi connectivity index (χ2n) is 4.34. The van der Waals surface area contributed by atoms with Gasteiger partial charge in [0, 0.05) is 5.69 Å². The largest absolute Gasteiger partial charge is 0.497 e. The number of anilines is 3. The second-order valence-corrected chi connectivity index (χ2v) is 4.34. The minimum Gasteiger partial charge on any atom is -0.497 e. The maximum absolute atomic E-state index is 11.8. The fourth-order valence-electron chi connectivity index (χ4n) is 1.89. The van der Waals surface area contributed by atoms with Gasteiger partial charge in [-0.3, -0.25) is 0 Å². The van der Waals surface area contributed by atoms with Crippen LogP contribution in [-0.2, 0) is 4.74 Å². The number of ether oxygens (including phenoxy) is 2. The first kappa shape index (κ1) is 14.7. The minimum atomic E-state index is -0.423. The molecule has 2 rings (SSSR count). The van der Waals surface area contributed by atoms with Crippen LogP contribution in [0.4, 0.5) is 17.1 Å². The van der Waals surface area contributed by atoms with Gasteiger partial charge in [-0.2, -0.15) is 0 Å². The first-order valence-electron chi connectivity index (χ1n) is 6.62. The van der Waals surface area contributed by atoms with Gasteiger partial charge >= 0.3 is 5.97 Å². The molecule has 5 heteroatoms. The number of nitrogens with one attached hydrogen (secondary N) is 1. The zero-order valence-electron chi connectivity index (χ0n) is 12.1. The quantitative estimate of drug-likeness (QED) is 0.652. The van der Waals surface area contributed by atoms with Crippen LogP contribution in [0, 0.1) is 0 Å². The highest BCUT2D eigenvalue weighted by Gasteiger charge is 2.13. The Hall–Kier alpha value is -2.69. The normalized spacial score (nSPS) is 10.0. The number of carbonyl (C=O) groups excluding carboxylic acids is 1. The predicted octanol–water partition coefficient (Wildman–Crippen LogP) is 3.20. The van der Waals surface area contributed by atoms with Gasteiger partial charge in [-0.05, 0) is 43.3 Å². The molecule has 3 N–H and O–H groups in total. The molecule has 0 aliphatic heterocycles. The van der Waals surface area contributed by atoms with Crippen molar-refractivity contribution in [1.29, 1.82) is 0 Å². The molecular weight excluding hydrogens is 268 g/mol. The first-order valence-corrected chi connectivity index (χ1v) is 6.62. The van der Waals surface area contributed by atoms with Crippen LogP contribution in [0.25, 0.3) is 0 Å². The fourth-order valence-corrected chi connectivity index (χ4v) is 1.89. The van der Waals surface area contributed by atoms with Crippen LogP contribution in [0.15, 0.2) is 42.5 Å². The zero-order chi connectivity index (χ0) is 15.2. The van der Waals surface area contributed by atoms with Crippen molar-refractivity contribution >= 4 is 23.0 Å². The minimum absolute atomic E-state index is 0.314. The average Bonchev–Trinajstić information content (AvgIpc) is 2.50. The van der Waals surface area contributed by atoms with Crippen LogP contribution in [0.2, 0.25) is 0 Å². The lowest BCUT2D eigenvalue weighted by Gasteiger charge is -2.12. The van der Waals surface area contributed by atoms with E-state index in [0.717, 1.165) is 11.4 Å². The van der Waals surface area contributed by atoms with Crippen LogP contribution in [0.3, 0.4) is 0 Å². The highest BCUT2D eigenvalue weighted by Crippen LogP contribution is 2.27. The number of nitrogens with two attached hydrogens (primary N) is 1. The standard InChI is InChI=1S/C16H18N2O3/c1-3-21-16(19)13-5-4-6-14(15(13)17)18-11-7-9-12(20-2)10-8-11/h4-10,18H,3,17H2,1-2H3. The summed E-state index contributed by atoms with van der Waals surface area (Å²) >= 11 is 0. The number of hydrogen-bond acceptors (Lipinski definition) is 5. The maximum atomic E-state index is 11.8. The third-order valence-corrected chi connectivity index (χ3v) is 2.97. The molecular formula is C16H18N2O3. The van der Waals surface area contributed by atoms with Crippen molar-refractivity contribution in [2.24, 2.45) is 0 Å². The van der Waals surface area contributed by atoms with Gasteiger partial charge in [-0.1, -0.05) is 6.07 Å². The van der Waals surface area contributed by atoms with Crippen LogP contribution < -0.4 is 15.8 Å². The Morgan fingerprint density at radius 1 is 1.19 bits per heavy atom. The van der Waals surface area contributed by atoms with Crippen molar-refractivity contribution in [1.82, 2.24) is 0 Å². The molecule has 0 unspecified atom stereocenters. The van der Waals surface area contributed by atoms with E-state index in [4.69, 9.17) is 15.2 Å². The zero-order valence-corrected chi connectivity index (χ0v) is 12.1. The molecule has 0 heterocycles. The van der Waals surface area contributed by atoms with E-state index in [-0.39, 0.29) is 0 Å². The molecule has 0 aliphatic carbocycles. The predicted molar refractivity (Wildman–Crippen MR) is 83.1 cm³/mol. The molecule has 5 nitrogen and oxygen atoms in total. The molecule has 0 radical (unpaired) electrons. The van der Waals surface area contributed by atoms with Crippen LogP contribution >= 0.6 is 0 Å². The number of methoxy groups -OCH3 is 1. The van der Waals surface area contributed by atoms with Crippen LogP contribution in [0.1, 0.15) is 17.3 Å². The van der Waals surface area contributed by atoms with Gasteiger partial charge in [0.1, 0.15) is 5.75 Å². The lowest BCUT2D eigenvalue weighted by molar-refractivity contribution is 0.0527.